The monoisotopic (exact) mass is 392 g/mol. The third-order valence-electron chi connectivity index (χ3n) is 7.17. The highest BCUT2D eigenvalue weighted by atomic mass is 16.2. The smallest absolute Gasteiger partial charge is 0.325 e. The lowest BCUT2D eigenvalue weighted by Crippen LogP contribution is -2.53. The van der Waals surface area contributed by atoms with E-state index < -0.39 is 11.6 Å². The van der Waals surface area contributed by atoms with E-state index in [1.54, 1.807) is 4.90 Å². The molecule has 2 heterocycles. The summed E-state index contributed by atoms with van der Waals surface area (Å²) >= 11 is 0. The summed E-state index contributed by atoms with van der Waals surface area (Å²) < 4.78 is 0. The molecule has 0 aromatic carbocycles. The normalized spacial score (nSPS) is 34.1. The van der Waals surface area contributed by atoms with Gasteiger partial charge in [-0.15, -0.1) is 0 Å². The first-order valence-electron chi connectivity index (χ1n) is 10.7. The highest BCUT2D eigenvalue weighted by Crippen LogP contribution is 2.43. The molecule has 158 valence electrons. The van der Waals surface area contributed by atoms with Gasteiger partial charge < -0.3 is 16.0 Å². The van der Waals surface area contributed by atoms with Gasteiger partial charge in [0.2, 0.25) is 5.91 Å². The maximum atomic E-state index is 13.1. The van der Waals surface area contributed by atoms with Crippen LogP contribution in [0.5, 0.6) is 0 Å². The van der Waals surface area contributed by atoms with Crippen molar-refractivity contribution in [2.45, 2.75) is 77.8 Å². The Hall–Kier alpha value is -1.63. The first-order valence-corrected chi connectivity index (χ1v) is 10.7. The molecular weight excluding hydrogens is 356 g/mol. The number of carbonyl (C=O) groups is 3. The molecule has 7 heteroatoms. The lowest BCUT2D eigenvalue weighted by molar-refractivity contribution is -0.142. The van der Waals surface area contributed by atoms with E-state index in [9.17, 15) is 14.4 Å². The van der Waals surface area contributed by atoms with Gasteiger partial charge in [-0.05, 0) is 55.8 Å². The first kappa shape index (κ1) is 21.1. The van der Waals surface area contributed by atoms with Crippen molar-refractivity contribution < 1.29 is 14.4 Å². The van der Waals surface area contributed by atoms with Crippen molar-refractivity contribution in [1.29, 1.82) is 0 Å². The highest BCUT2D eigenvalue weighted by Gasteiger charge is 2.53. The van der Waals surface area contributed by atoms with E-state index in [1.807, 2.05) is 0 Å². The number of amides is 4. The summed E-state index contributed by atoms with van der Waals surface area (Å²) in [5.41, 5.74) is 5.25. The topological polar surface area (TPSA) is 95.7 Å². The van der Waals surface area contributed by atoms with Crippen molar-refractivity contribution in [2.24, 2.45) is 23.0 Å². The van der Waals surface area contributed by atoms with Gasteiger partial charge >= 0.3 is 6.03 Å². The van der Waals surface area contributed by atoms with Gasteiger partial charge in [0, 0.05) is 19.1 Å². The average molecular weight is 393 g/mol. The van der Waals surface area contributed by atoms with E-state index in [4.69, 9.17) is 5.73 Å². The number of rotatable bonds is 3. The summed E-state index contributed by atoms with van der Waals surface area (Å²) in [5.74, 6) is 0.675. The fourth-order valence-corrected chi connectivity index (χ4v) is 5.16. The summed E-state index contributed by atoms with van der Waals surface area (Å²) in [6, 6.07) is -0.435. The van der Waals surface area contributed by atoms with Crippen LogP contribution in [-0.2, 0) is 9.59 Å². The number of nitrogens with two attached hydrogens (primary N) is 1. The number of nitrogens with one attached hydrogen (secondary N) is 1. The highest BCUT2D eigenvalue weighted by molar-refractivity contribution is 6.09. The Morgan fingerprint density at radius 2 is 1.86 bits per heavy atom. The molecule has 3 N–H and O–H groups in total. The molecule has 4 amide bonds. The summed E-state index contributed by atoms with van der Waals surface area (Å²) in [5, 5.41) is 2.92. The minimum absolute atomic E-state index is 0.00630. The molecule has 0 aromatic rings. The SMILES string of the molecule is CC1CCN(C(=O)CN2C(=O)NC3(CCC(C(C)(C)C)CC3)C2=O)C(CN)C1. The van der Waals surface area contributed by atoms with Crippen LogP contribution in [0, 0.1) is 17.3 Å². The molecule has 2 atom stereocenters. The lowest BCUT2D eigenvalue weighted by Gasteiger charge is -2.40. The Morgan fingerprint density at radius 1 is 1.21 bits per heavy atom. The zero-order valence-corrected chi connectivity index (χ0v) is 17.8. The molecule has 1 spiro atoms. The van der Waals surface area contributed by atoms with Crippen molar-refractivity contribution in [2.75, 3.05) is 19.6 Å². The van der Waals surface area contributed by atoms with Crippen molar-refractivity contribution in [1.82, 2.24) is 15.1 Å². The van der Waals surface area contributed by atoms with E-state index in [-0.39, 0.29) is 29.8 Å². The molecule has 3 rings (SSSR count). The van der Waals surface area contributed by atoms with Gasteiger partial charge in [-0.25, -0.2) is 4.79 Å². The number of nitrogens with zero attached hydrogens (tertiary/aromatic N) is 2. The molecule has 28 heavy (non-hydrogen) atoms. The van der Waals surface area contributed by atoms with Crippen LogP contribution in [0.2, 0.25) is 0 Å². The number of urea groups is 1. The predicted molar refractivity (Wildman–Crippen MR) is 107 cm³/mol. The van der Waals surface area contributed by atoms with Gasteiger partial charge in [-0.2, -0.15) is 0 Å². The Bertz CT molecular complexity index is 634. The molecule has 7 nitrogen and oxygen atoms in total. The number of piperidine rings is 1. The van der Waals surface area contributed by atoms with E-state index in [2.05, 4.69) is 33.0 Å². The molecule has 2 unspecified atom stereocenters. The quantitative estimate of drug-likeness (QED) is 0.719. The van der Waals surface area contributed by atoms with Gasteiger partial charge in [0.05, 0.1) is 0 Å². The third-order valence-corrected chi connectivity index (χ3v) is 7.17. The average Bonchev–Trinajstić information content (AvgIpc) is 2.85. The number of likely N-dealkylation sites (tertiary alicyclic amines) is 1. The fraction of sp³-hybridized carbons (Fsp3) is 0.857. The molecule has 0 radical (unpaired) electrons. The van der Waals surface area contributed by atoms with Gasteiger partial charge in [0.1, 0.15) is 12.1 Å². The summed E-state index contributed by atoms with van der Waals surface area (Å²) in [6.45, 7) is 9.72. The van der Waals surface area contributed by atoms with E-state index >= 15 is 0 Å². The van der Waals surface area contributed by atoms with Gasteiger partial charge in [0.15, 0.2) is 0 Å². The molecule has 2 aliphatic heterocycles. The molecule has 2 saturated heterocycles. The maximum Gasteiger partial charge on any atom is 0.325 e. The maximum absolute atomic E-state index is 13.1. The lowest BCUT2D eigenvalue weighted by atomic mass is 9.67. The number of hydrogen-bond donors (Lipinski definition) is 2. The van der Waals surface area contributed by atoms with Gasteiger partial charge in [-0.3, -0.25) is 14.5 Å². The van der Waals surface area contributed by atoms with Gasteiger partial charge in [0.25, 0.3) is 5.91 Å². The van der Waals surface area contributed by atoms with E-state index in [1.165, 1.54) is 0 Å². The largest absolute Gasteiger partial charge is 0.337 e. The molecule has 1 aliphatic carbocycles. The standard InChI is InChI=1S/C21H36N4O3/c1-14-7-10-24(16(11-14)12-22)17(26)13-25-18(27)21(23-19(25)28)8-5-15(6-9-21)20(2,3)4/h14-16H,5-13,22H2,1-4H3,(H,23,28). The molecule has 0 aromatic heterocycles. The second kappa shape index (κ2) is 7.65. The van der Waals surface area contributed by atoms with Crippen LogP contribution in [0.4, 0.5) is 4.79 Å². The predicted octanol–water partition coefficient (Wildman–Crippen LogP) is 2.10. The van der Waals surface area contributed by atoms with Crippen molar-refractivity contribution >= 4 is 17.8 Å². The molecule has 0 bridgehead atoms. The molecule has 3 aliphatic rings. The first-order chi connectivity index (χ1) is 13.1. The van der Waals surface area contributed by atoms with Crippen molar-refractivity contribution in [3.63, 3.8) is 0 Å². The Morgan fingerprint density at radius 3 is 2.43 bits per heavy atom. The second-order valence-corrected chi connectivity index (χ2v) is 10.2. The Kier molecular flexibility index (Phi) is 5.76. The summed E-state index contributed by atoms with van der Waals surface area (Å²) in [7, 11) is 0. The minimum Gasteiger partial charge on any atom is -0.337 e. The van der Waals surface area contributed by atoms with Crippen LogP contribution in [0.3, 0.4) is 0 Å². The van der Waals surface area contributed by atoms with Crippen molar-refractivity contribution in [3.8, 4) is 0 Å². The second-order valence-electron chi connectivity index (χ2n) is 10.2. The number of hydrogen-bond acceptors (Lipinski definition) is 4. The molecule has 1 saturated carbocycles. The van der Waals surface area contributed by atoms with Crippen LogP contribution < -0.4 is 11.1 Å². The van der Waals surface area contributed by atoms with E-state index in [0.717, 1.165) is 30.6 Å². The van der Waals surface area contributed by atoms with Crippen LogP contribution >= 0.6 is 0 Å². The fourth-order valence-electron chi connectivity index (χ4n) is 5.16. The summed E-state index contributed by atoms with van der Waals surface area (Å²) in [6.07, 6.45) is 4.93. The van der Waals surface area contributed by atoms with Crippen LogP contribution in [0.15, 0.2) is 0 Å². The zero-order chi connectivity index (χ0) is 20.7. The number of imide groups is 1. The van der Waals surface area contributed by atoms with Crippen LogP contribution in [0.1, 0.15) is 66.2 Å². The molecule has 3 fully saturated rings. The zero-order valence-electron chi connectivity index (χ0n) is 17.8. The van der Waals surface area contributed by atoms with Crippen LogP contribution in [0.25, 0.3) is 0 Å². The Labute approximate surface area is 168 Å². The Balaban J connectivity index is 1.65. The van der Waals surface area contributed by atoms with E-state index in [0.29, 0.717) is 37.8 Å². The summed E-state index contributed by atoms with van der Waals surface area (Å²) in [4.78, 5) is 41.4. The van der Waals surface area contributed by atoms with Gasteiger partial charge in [-0.1, -0.05) is 27.7 Å². The van der Waals surface area contributed by atoms with Crippen LogP contribution in [-0.4, -0.2) is 58.9 Å². The number of carbonyl (C=O) groups excluding carboxylic acids is 3. The molecular formula is C21H36N4O3. The van der Waals surface area contributed by atoms with Crippen molar-refractivity contribution in [3.05, 3.63) is 0 Å². The minimum atomic E-state index is -0.817. The third kappa shape index (κ3) is 3.91.